The first-order valence-electron chi connectivity index (χ1n) is 3.93. The fourth-order valence-electron chi connectivity index (χ4n) is 2.48. The molecule has 0 aliphatic heterocycles. The first-order valence-corrected chi connectivity index (χ1v) is 3.93. The van der Waals surface area contributed by atoms with Crippen LogP contribution >= 0.6 is 0 Å². The maximum absolute atomic E-state index is 5.35. The van der Waals surface area contributed by atoms with E-state index in [-0.39, 0.29) is 0 Å². The van der Waals surface area contributed by atoms with Gasteiger partial charge in [-0.15, -0.1) is 0 Å². The second-order valence-electron chi connectivity index (χ2n) is 3.45. The van der Waals surface area contributed by atoms with Crippen molar-refractivity contribution in [3.8, 4) is 0 Å². The molecule has 0 N–H and O–H groups in total. The number of fused-ring (bicyclic) bond motifs is 2. The van der Waals surface area contributed by atoms with E-state index in [9.17, 15) is 0 Å². The van der Waals surface area contributed by atoms with Crippen LogP contribution in [-0.4, -0.2) is 13.2 Å². The monoisotopic (exact) mass is 126 g/mol. The highest BCUT2D eigenvalue weighted by atomic mass is 16.5. The van der Waals surface area contributed by atoms with Crippen molar-refractivity contribution in [2.24, 2.45) is 11.8 Å². The van der Waals surface area contributed by atoms with Crippen molar-refractivity contribution in [1.29, 1.82) is 0 Å². The molecule has 0 unspecified atom stereocenters. The van der Waals surface area contributed by atoms with E-state index in [0.29, 0.717) is 6.10 Å². The smallest absolute Gasteiger partial charge is 0.0602 e. The van der Waals surface area contributed by atoms with E-state index >= 15 is 0 Å². The largest absolute Gasteiger partial charge is 0.381 e. The second-order valence-corrected chi connectivity index (χ2v) is 3.45. The van der Waals surface area contributed by atoms with Gasteiger partial charge in [-0.05, 0) is 37.5 Å². The van der Waals surface area contributed by atoms with Crippen molar-refractivity contribution >= 4 is 0 Å². The van der Waals surface area contributed by atoms with E-state index in [2.05, 4.69) is 0 Å². The molecule has 0 aromatic heterocycles. The van der Waals surface area contributed by atoms with Crippen molar-refractivity contribution in [3.63, 3.8) is 0 Å². The van der Waals surface area contributed by atoms with Gasteiger partial charge in [-0.1, -0.05) is 0 Å². The number of ether oxygens (including phenoxy) is 1. The van der Waals surface area contributed by atoms with E-state index in [4.69, 9.17) is 4.74 Å². The lowest BCUT2D eigenvalue weighted by Crippen LogP contribution is -2.18. The molecule has 0 spiro atoms. The van der Waals surface area contributed by atoms with E-state index in [1.807, 2.05) is 7.11 Å². The maximum Gasteiger partial charge on any atom is 0.0602 e. The predicted molar refractivity (Wildman–Crippen MR) is 36.2 cm³/mol. The first kappa shape index (κ1) is 5.72. The van der Waals surface area contributed by atoms with Gasteiger partial charge in [0.05, 0.1) is 6.10 Å². The van der Waals surface area contributed by atoms with Crippen LogP contribution in [0, 0.1) is 11.8 Å². The van der Waals surface area contributed by atoms with Gasteiger partial charge >= 0.3 is 0 Å². The third-order valence-corrected chi connectivity index (χ3v) is 2.98. The van der Waals surface area contributed by atoms with E-state index in [1.165, 1.54) is 25.7 Å². The molecule has 0 aromatic carbocycles. The molecule has 9 heavy (non-hydrogen) atoms. The van der Waals surface area contributed by atoms with Crippen LogP contribution in [0.3, 0.4) is 0 Å². The van der Waals surface area contributed by atoms with Gasteiger partial charge in [-0.25, -0.2) is 0 Å². The first-order chi connectivity index (χ1) is 4.40. The molecule has 3 atom stereocenters. The molecule has 0 amide bonds. The minimum atomic E-state index is 0.628. The maximum atomic E-state index is 5.35. The molecule has 2 aliphatic carbocycles. The summed E-state index contributed by atoms with van der Waals surface area (Å²) in [4.78, 5) is 0. The summed E-state index contributed by atoms with van der Waals surface area (Å²) in [5.41, 5.74) is 0. The Morgan fingerprint density at radius 1 is 1.22 bits per heavy atom. The predicted octanol–water partition coefficient (Wildman–Crippen LogP) is 1.82. The molecule has 1 heteroatoms. The van der Waals surface area contributed by atoms with Gasteiger partial charge in [0, 0.05) is 7.11 Å². The molecule has 2 bridgehead atoms. The Kier molecular flexibility index (Phi) is 1.26. The second kappa shape index (κ2) is 1.98. The Bertz CT molecular complexity index is 111. The summed E-state index contributed by atoms with van der Waals surface area (Å²) in [6, 6.07) is 0. The van der Waals surface area contributed by atoms with Gasteiger partial charge in [0.1, 0.15) is 0 Å². The Labute approximate surface area is 56.4 Å². The molecular formula is C8H14O. The average Bonchev–Trinajstić information content (AvgIpc) is 2.45. The Hall–Kier alpha value is -0.0400. The van der Waals surface area contributed by atoms with Crippen LogP contribution in [0.4, 0.5) is 0 Å². The van der Waals surface area contributed by atoms with Crippen molar-refractivity contribution in [2.45, 2.75) is 31.8 Å². The molecule has 0 radical (unpaired) electrons. The highest BCUT2D eigenvalue weighted by Crippen LogP contribution is 2.45. The summed E-state index contributed by atoms with van der Waals surface area (Å²) in [6.07, 6.45) is 6.34. The molecule has 2 aliphatic rings. The summed E-state index contributed by atoms with van der Waals surface area (Å²) in [7, 11) is 1.85. The van der Waals surface area contributed by atoms with Gasteiger partial charge in [-0.2, -0.15) is 0 Å². The zero-order valence-electron chi connectivity index (χ0n) is 5.97. The number of hydrogen-bond donors (Lipinski definition) is 0. The molecule has 0 saturated heterocycles. The minimum Gasteiger partial charge on any atom is -0.381 e. The molecular weight excluding hydrogens is 112 g/mol. The molecule has 0 heterocycles. The lowest BCUT2D eigenvalue weighted by atomic mass is 9.98. The summed E-state index contributed by atoms with van der Waals surface area (Å²) >= 11 is 0. The normalized spacial score (nSPS) is 48.3. The van der Waals surface area contributed by atoms with Crippen LogP contribution in [0.25, 0.3) is 0 Å². The quantitative estimate of drug-likeness (QED) is 0.520. The van der Waals surface area contributed by atoms with E-state index < -0.39 is 0 Å². The summed E-state index contributed by atoms with van der Waals surface area (Å²) in [6.45, 7) is 0. The highest BCUT2D eigenvalue weighted by Gasteiger charge is 2.39. The van der Waals surface area contributed by atoms with E-state index in [1.54, 1.807) is 0 Å². The molecule has 0 aromatic rings. The van der Waals surface area contributed by atoms with Gasteiger partial charge in [0.15, 0.2) is 0 Å². The SMILES string of the molecule is CO[C@H]1C[C@H]2CC[C@@H]1C2. The summed E-state index contributed by atoms with van der Waals surface area (Å²) in [5, 5.41) is 0. The minimum absolute atomic E-state index is 0.628. The third-order valence-electron chi connectivity index (χ3n) is 2.98. The van der Waals surface area contributed by atoms with Crippen LogP contribution in [0.5, 0.6) is 0 Å². The van der Waals surface area contributed by atoms with Gasteiger partial charge < -0.3 is 4.74 Å². The summed E-state index contributed by atoms with van der Waals surface area (Å²) in [5.74, 6) is 1.96. The zero-order valence-corrected chi connectivity index (χ0v) is 5.97. The molecule has 1 nitrogen and oxygen atoms in total. The Morgan fingerprint density at radius 3 is 2.44 bits per heavy atom. The molecule has 2 saturated carbocycles. The fraction of sp³-hybridized carbons (Fsp3) is 1.00. The number of rotatable bonds is 1. The zero-order chi connectivity index (χ0) is 6.27. The molecule has 52 valence electrons. The average molecular weight is 126 g/mol. The number of methoxy groups -OCH3 is 1. The molecule has 2 rings (SSSR count). The fourth-order valence-corrected chi connectivity index (χ4v) is 2.48. The van der Waals surface area contributed by atoms with Crippen molar-refractivity contribution in [1.82, 2.24) is 0 Å². The highest BCUT2D eigenvalue weighted by molar-refractivity contribution is 4.90. The van der Waals surface area contributed by atoms with Gasteiger partial charge in [0.2, 0.25) is 0 Å². The van der Waals surface area contributed by atoms with Crippen LogP contribution in [0.15, 0.2) is 0 Å². The van der Waals surface area contributed by atoms with Gasteiger partial charge in [-0.3, -0.25) is 0 Å². The van der Waals surface area contributed by atoms with Crippen molar-refractivity contribution in [3.05, 3.63) is 0 Å². The lowest BCUT2D eigenvalue weighted by Gasteiger charge is -2.19. The van der Waals surface area contributed by atoms with E-state index in [0.717, 1.165) is 11.8 Å². The van der Waals surface area contributed by atoms with Crippen LogP contribution < -0.4 is 0 Å². The van der Waals surface area contributed by atoms with Crippen LogP contribution in [0.2, 0.25) is 0 Å². The van der Waals surface area contributed by atoms with Crippen LogP contribution in [0.1, 0.15) is 25.7 Å². The standard InChI is InChI=1S/C8H14O/c1-9-8-5-6-2-3-7(8)4-6/h6-8H,2-5H2,1H3/t6-,7+,8-/m0/s1. The van der Waals surface area contributed by atoms with Crippen molar-refractivity contribution < 1.29 is 4.74 Å². The topological polar surface area (TPSA) is 9.23 Å². The van der Waals surface area contributed by atoms with Crippen molar-refractivity contribution in [2.75, 3.05) is 7.11 Å². The third kappa shape index (κ3) is 0.787. The molecule has 2 fully saturated rings. The Morgan fingerprint density at radius 2 is 2.11 bits per heavy atom. The lowest BCUT2D eigenvalue weighted by molar-refractivity contribution is 0.0572. The van der Waals surface area contributed by atoms with Crippen LogP contribution in [-0.2, 0) is 4.74 Å². The Balaban J connectivity index is 2.01. The number of hydrogen-bond acceptors (Lipinski definition) is 1. The van der Waals surface area contributed by atoms with Gasteiger partial charge in [0.25, 0.3) is 0 Å². The summed E-state index contributed by atoms with van der Waals surface area (Å²) < 4.78 is 5.35.